The van der Waals surface area contributed by atoms with E-state index in [9.17, 15) is 13.3 Å². The van der Waals surface area contributed by atoms with Gasteiger partial charge in [-0.25, -0.2) is 8.42 Å². The highest BCUT2D eigenvalue weighted by Crippen LogP contribution is 2.34. The van der Waals surface area contributed by atoms with Crippen LogP contribution >= 0.6 is 11.9 Å². The first kappa shape index (κ1) is 17.7. The Morgan fingerprint density at radius 2 is 1.83 bits per heavy atom. The Morgan fingerprint density at radius 3 is 2.35 bits per heavy atom. The number of nitrogens with zero attached hydrogens (tertiary/aromatic N) is 1. The number of aromatic nitrogens is 1. The molecule has 1 heterocycles. The SMILES string of the molecule is Cc1cc(CC(C)(C)SN=O)c(-c2ccc(S(C)(=O)=O)cc2)[nH]1. The van der Waals surface area contributed by atoms with E-state index in [0.29, 0.717) is 11.3 Å². The predicted octanol–water partition coefficient (Wildman–Crippen LogP) is 4.13. The molecular weight excluding hydrogens is 332 g/mol. The second kappa shape index (κ2) is 6.49. The van der Waals surface area contributed by atoms with Crippen LogP contribution in [-0.4, -0.2) is 24.4 Å². The minimum atomic E-state index is -3.20. The van der Waals surface area contributed by atoms with Crippen molar-refractivity contribution in [3.05, 3.63) is 46.5 Å². The molecule has 2 rings (SSSR count). The minimum Gasteiger partial charge on any atom is -0.358 e. The van der Waals surface area contributed by atoms with Crippen LogP contribution in [-0.2, 0) is 16.3 Å². The summed E-state index contributed by atoms with van der Waals surface area (Å²) in [7, 11) is -3.20. The fraction of sp³-hybridized carbons (Fsp3) is 0.375. The molecule has 0 atom stereocenters. The second-order valence-corrected chi connectivity index (χ2v) is 9.70. The zero-order chi connectivity index (χ0) is 17.3. The summed E-state index contributed by atoms with van der Waals surface area (Å²) < 4.78 is 25.8. The van der Waals surface area contributed by atoms with Crippen LogP contribution < -0.4 is 0 Å². The van der Waals surface area contributed by atoms with Crippen LogP contribution in [0.15, 0.2) is 39.8 Å². The lowest BCUT2D eigenvalue weighted by Crippen LogP contribution is -2.17. The van der Waals surface area contributed by atoms with E-state index in [1.165, 1.54) is 6.26 Å². The third-order valence-electron chi connectivity index (χ3n) is 3.51. The van der Waals surface area contributed by atoms with Crippen molar-refractivity contribution in [1.29, 1.82) is 0 Å². The number of benzene rings is 1. The van der Waals surface area contributed by atoms with E-state index in [4.69, 9.17) is 0 Å². The second-order valence-electron chi connectivity index (χ2n) is 6.25. The molecule has 0 amide bonds. The standard InChI is InChI=1S/C16H20N2O3S2/c1-11-9-13(10-16(2,3)22-18-19)15(17-11)12-5-7-14(8-6-12)23(4,20)21/h5-9,17H,10H2,1-4H3. The Morgan fingerprint density at radius 1 is 1.22 bits per heavy atom. The van der Waals surface area contributed by atoms with E-state index in [-0.39, 0.29) is 4.75 Å². The van der Waals surface area contributed by atoms with Gasteiger partial charge in [-0.2, -0.15) is 0 Å². The Labute approximate surface area is 140 Å². The van der Waals surface area contributed by atoms with Gasteiger partial charge in [-0.15, -0.1) is 4.91 Å². The van der Waals surface area contributed by atoms with Crippen LogP contribution in [0.3, 0.4) is 0 Å². The summed E-state index contributed by atoms with van der Waals surface area (Å²) in [5.74, 6) is 0. The van der Waals surface area contributed by atoms with Crippen LogP contribution in [0.2, 0.25) is 0 Å². The number of hydrogen-bond acceptors (Lipinski definition) is 5. The van der Waals surface area contributed by atoms with Crippen LogP contribution in [0, 0.1) is 11.8 Å². The molecule has 0 aliphatic heterocycles. The Bertz CT molecular complexity index is 806. The van der Waals surface area contributed by atoms with Gasteiger partial charge in [0.15, 0.2) is 9.84 Å². The van der Waals surface area contributed by atoms with Gasteiger partial charge in [0, 0.05) is 38.9 Å². The first-order valence-corrected chi connectivity index (χ1v) is 9.79. The topological polar surface area (TPSA) is 79.4 Å². The maximum Gasteiger partial charge on any atom is 0.175 e. The molecule has 23 heavy (non-hydrogen) atoms. The Kier molecular flexibility index (Phi) is 5.01. The summed E-state index contributed by atoms with van der Waals surface area (Å²) in [5.41, 5.74) is 3.96. The predicted molar refractivity (Wildman–Crippen MR) is 95.2 cm³/mol. The van der Waals surface area contributed by atoms with E-state index in [1.54, 1.807) is 24.3 Å². The number of rotatable bonds is 6. The molecular formula is C16H20N2O3S2. The molecule has 2 aromatic rings. The molecule has 5 nitrogen and oxygen atoms in total. The zero-order valence-electron chi connectivity index (χ0n) is 13.6. The maximum atomic E-state index is 11.6. The fourth-order valence-electron chi connectivity index (χ4n) is 2.50. The van der Waals surface area contributed by atoms with Crippen LogP contribution in [0.1, 0.15) is 25.1 Å². The molecule has 0 bridgehead atoms. The molecule has 0 unspecified atom stereocenters. The van der Waals surface area contributed by atoms with Crippen LogP contribution in [0.25, 0.3) is 11.3 Å². The van der Waals surface area contributed by atoms with Crippen LogP contribution in [0.4, 0.5) is 0 Å². The molecule has 124 valence electrons. The molecule has 0 aliphatic carbocycles. The van der Waals surface area contributed by atoms with Crippen molar-refractivity contribution in [3.8, 4) is 11.3 Å². The van der Waals surface area contributed by atoms with Crippen molar-refractivity contribution in [2.45, 2.75) is 36.8 Å². The van der Waals surface area contributed by atoms with E-state index in [2.05, 4.69) is 9.57 Å². The van der Waals surface area contributed by atoms with Gasteiger partial charge in [-0.1, -0.05) is 12.1 Å². The highest BCUT2D eigenvalue weighted by molar-refractivity contribution is 7.99. The van der Waals surface area contributed by atoms with Crippen molar-refractivity contribution in [3.63, 3.8) is 0 Å². The van der Waals surface area contributed by atoms with Gasteiger partial charge in [0.2, 0.25) is 0 Å². The zero-order valence-corrected chi connectivity index (χ0v) is 15.2. The number of nitroso groups, excluding NO2 is 1. The molecule has 7 heteroatoms. The third-order valence-corrected chi connectivity index (χ3v) is 5.35. The molecule has 0 radical (unpaired) electrons. The normalized spacial score (nSPS) is 12.3. The van der Waals surface area contributed by atoms with E-state index < -0.39 is 9.84 Å². The van der Waals surface area contributed by atoms with Gasteiger partial charge in [0.1, 0.15) is 0 Å². The lowest BCUT2D eigenvalue weighted by atomic mass is 9.99. The van der Waals surface area contributed by atoms with Crippen molar-refractivity contribution in [2.24, 2.45) is 4.58 Å². The molecule has 0 aliphatic rings. The number of nitrogens with one attached hydrogen (secondary N) is 1. The molecule has 0 fully saturated rings. The minimum absolute atomic E-state index is 0.298. The Balaban J connectivity index is 2.39. The van der Waals surface area contributed by atoms with Gasteiger partial charge in [-0.3, -0.25) is 0 Å². The summed E-state index contributed by atoms with van der Waals surface area (Å²) in [5, 5.41) is 0. The fourth-order valence-corrected chi connectivity index (χ4v) is 3.56. The van der Waals surface area contributed by atoms with Gasteiger partial charge < -0.3 is 4.98 Å². The van der Waals surface area contributed by atoms with E-state index >= 15 is 0 Å². The number of hydrogen-bond donors (Lipinski definition) is 1. The van der Waals surface area contributed by atoms with Crippen molar-refractivity contribution in [1.82, 2.24) is 4.98 Å². The molecule has 1 N–H and O–H groups in total. The van der Waals surface area contributed by atoms with Gasteiger partial charge >= 0.3 is 0 Å². The molecule has 0 saturated carbocycles. The highest BCUT2D eigenvalue weighted by Gasteiger charge is 2.23. The number of H-pyrrole nitrogens is 1. The summed E-state index contributed by atoms with van der Waals surface area (Å²) in [6.45, 7) is 5.91. The lowest BCUT2D eigenvalue weighted by Gasteiger charge is -2.19. The largest absolute Gasteiger partial charge is 0.358 e. The number of aromatic amines is 1. The monoisotopic (exact) mass is 352 g/mol. The van der Waals surface area contributed by atoms with Gasteiger partial charge in [0.25, 0.3) is 0 Å². The molecule has 0 saturated heterocycles. The van der Waals surface area contributed by atoms with Crippen molar-refractivity contribution < 1.29 is 8.42 Å². The average Bonchev–Trinajstić information content (AvgIpc) is 2.77. The molecule has 1 aromatic carbocycles. The maximum absolute atomic E-state index is 11.6. The smallest absolute Gasteiger partial charge is 0.175 e. The van der Waals surface area contributed by atoms with Crippen molar-refractivity contribution in [2.75, 3.05) is 6.26 Å². The Hall–Kier alpha value is -1.60. The quantitative estimate of drug-likeness (QED) is 0.626. The number of sulfone groups is 1. The van der Waals surface area contributed by atoms with E-state index in [1.807, 2.05) is 26.8 Å². The first-order valence-electron chi connectivity index (χ1n) is 7.12. The van der Waals surface area contributed by atoms with Gasteiger partial charge in [0.05, 0.1) is 4.90 Å². The van der Waals surface area contributed by atoms with Crippen LogP contribution in [0.5, 0.6) is 0 Å². The van der Waals surface area contributed by atoms with Crippen molar-refractivity contribution >= 4 is 21.8 Å². The van der Waals surface area contributed by atoms with Gasteiger partial charge in [-0.05, 0) is 56.5 Å². The van der Waals surface area contributed by atoms with E-state index in [0.717, 1.165) is 34.5 Å². The highest BCUT2D eigenvalue weighted by atomic mass is 32.2. The first-order chi connectivity index (χ1) is 10.6. The lowest BCUT2D eigenvalue weighted by molar-refractivity contribution is 0.602. The number of aryl methyl sites for hydroxylation is 1. The summed E-state index contributed by atoms with van der Waals surface area (Å²) in [4.78, 5) is 14.2. The molecule has 0 spiro atoms. The summed E-state index contributed by atoms with van der Waals surface area (Å²) >= 11 is 1.02. The summed E-state index contributed by atoms with van der Waals surface area (Å²) in [6, 6.07) is 8.86. The third kappa shape index (κ3) is 4.45. The summed E-state index contributed by atoms with van der Waals surface area (Å²) in [6.07, 6.45) is 1.87. The molecule has 1 aromatic heterocycles. The average molecular weight is 352 g/mol.